The lowest BCUT2D eigenvalue weighted by Gasteiger charge is -2.03. The fourth-order valence-electron chi connectivity index (χ4n) is 1.64. The number of amides is 1. The molecule has 4 N–H and O–H groups in total. The van der Waals surface area contributed by atoms with E-state index < -0.39 is 5.91 Å². The van der Waals surface area contributed by atoms with Crippen LogP contribution in [0.15, 0.2) is 30.3 Å². The van der Waals surface area contributed by atoms with Crippen molar-refractivity contribution in [3.05, 3.63) is 41.6 Å². The van der Waals surface area contributed by atoms with E-state index in [0.717, 1.165) is 5.56 Å². The molecule has 0 saturated carbocycles. The van der Waals surface area contributed by atoms with Crippen LogP contribution >= 0.6 is 0 Å². The van der Waals surface area contributed by atoms with Crippen molar-refractivity contribution in [1.29, 1.82) is 0 Å². The molecule has 0 saturated heterocycles. The lowest BCUT2D eigenvalue weighted by Crippen LogP contribution is -2.15. The highest BCUT2D eigenvalue weighted by Gasteiger charge is 2.09. The zero-order chi connectivity index (χ0) is 13.1. The first-order valence-electron chi connectivity index (χ1n) is 5.42. The van der Waals surface area contributed by atoms with Crippen molar-refractivity contribution in [3.63, 3.8) is 0 Å². The highest BCUT2D eigenvalue weighted by atomic mass is 16.3. The number of rotatable bonds is 4. The quantitative estimate of drug-likeness (QED) is 0.745. The van der Waals surface area contributed by atoms with Crippen LogP contribution in [0.1, 0.15) is 16.1 Å². The topological polar surface area (TPSA) is 93.2 Å². The van der Waals surface area contributed by atoms with Gasteiger partial charge in [-0.25, -0.2) is 0 Å². The molecule has 0 aliphatic rings. The molecule has 1 aromatic carbocycles. The van der Waals surface area contributed by atoms with Crippen molar-refractivity contribution >= 4 is 11.7 Å². The molecule has 6 nitrogen and oxygen atoms in total. The van der Waals surface area contributed by atoms with Crippen LogP contribution < -0.4 is 11.1 Å². The molecule has 1 aromatic heterocycles. The van der Waals surface area contributed by atoms with Crippen LogP contribution in [0, 0.1) is 0 Å². The van der Waals surface area contributed by atoms with Gasteiger partial charge < -0.3 is 16.2 Å². The molecule has 94 valence electrons. The van der Waals surface area contributed by atoms with Gasteiger partial charge in [0.2, 0.25) is 0 Å². The van der Waals surface area contributed by atoms with Gasteiger partial charge in [-0.2, -0.15) is 5.10 Å². The summed E-state index contributed by atoms with van der Waals surface area (Å²) in [7, 11) is 1.65. The number of aromatic nitrogens is 2. The number of carbonyl (C=O) groups is 1. The summed E-state index contributed by atoms with van der Waals surface area (Å²) in [5.41, 5.74) is 6.45. The second kappa shape index (κ2) is 4.79. The number of phenols is 1. The number of primary amides is 1. The lowest BCUT2D eigenvalue weighted by atomic mass is 10.2. The number of hydrogen-bond acceptors (Lipinski definition) is 4. The third-order valence-corrected chi connectivity index (χ3v) is 2.52. The third-order valence-electron chi connectivity index (χ3n) is 2.52. The molecular formula is C12H14N4O2. The zero-order valence-electron chi connectivity index (χ0n) is 9.92. The fraction of sp³-hybridized carbons (Fsp3) is 0.167. The average Bonchev–Trinajstić information content (AvgIpc) is 2.68. The number of benzene rings is 1. The molecule has 0 aliphatic carbocycles. The molecule has 0 spiro atoms. The largest absolute Gasteiger partial charge is 0.508 e. The van der Waals surface area contributed by atoms with E-state index in [1.807, 2.05) is 6.07 Å². The maximum Gasteiger partial charge on any atom is 0.267 e. The summed E-state index contributed by atoms with van der Waals surface area (Å²) in [5, 5.41) is 16.5. The summed E-state index contributed by atoms with van der Waals surface area (Å²) >= 11 is 0. The van der Waals surface area contributed by atoms with Gasteiger partial charge in [-0.05, 0) is 17.7 Å². The van der Waals surface area contributed by atoms with Gasteiger partial charge in [0.05, 0.1) is 0 Å². The van der Waals surface area contributed by atoms with Crippen molar-refractivity contribution in [2.45, 2.75) is 6.54 Å². The van der Waals surface area contributed by atoms with Crippen molar-refractivity contribution in [1.82, 2.24) is 9.78 Å². The van der Waals surface area contributed by atoms with Gasteiger partial charge in [0.15, 0.2) is 0 Å². The van der Waals surface area contributed by atoms with E-state index in [-0.39, 0.29) is 5.75 Å². The Kier molecular flexibility index (Phi) is 3.18. The van der Waals surface area contributed by atoms with Gasteiger partial charge >= 0.3 is 0 Å². The van der Waals surface area contributed by atoms with Gasteiger partial charge in [-0.1, -0.05) is 12.1 Å². The van der Waals surface area contributed by atoms with E-state index in [4.69, 9.17) is 5.73 Å². The molecule has 0 bridgehead atoms. The molecular weight excluding hydrogens is 232 g/mol. The summed E-state index contributed by atoms with van der Waals surface area (Å²) in [6.45, 7) is 0.504. The summed E-state index contributed by atoms with van der Waals surface area (Å²) in [6, 6.07) is 8.50. The molecule has 0 radical (unpaired) electrons. The van der Waals surface area contributed by atoms with Crippen LogP contribution in [0.5, 0.6) is 5.75 Å². The zero-order valence-corrected chi connectivity index (χ0v) is 9.92. The molecule has 0 atom stereocenters. The van der Waals surface area contributed by atoms with E-state index in [9.17, 15) is 9.90 Å². The average molecular weight is 246 g/mol. The van der Waals surface area contributed by atoms with Crippen LogP contribution in [0.2, 0.25) is 0 Å². The minimum absolute atomic E-state index is 0.216. The Balaban J connectivity index is 2.06. The Labute approximate surface area is 104 Å². The van der Waals surface area contributed by atoms with E-state index in [1.165, 1.54) is 4.68 Å². The maximum atomic E-state index is 11.1. The Hall–Kier alpha value is -2.50. The predicted octanol–water partition coefficient (Wildman–Crippen LogP) is 0.837. The van der Waals surface area contributed by atoms with Crippen LogP contribution in [0.3, 0.4) is 0 Å². The monoisotopic (exact) mass is 246 g/mol. The van der Waals surface area contributed by atoms with Gasteiger partial charge in [0, 0.05) is 19.7 Å². The second-order valence-electron chi connectivity index (χ2n) is 3.93. The number of nitrogens with one attached hydrogen (secondary N) is 1. The Bertz CT molecular complexity index is 577. The Morgan fingerprint density at radius 1 is 1.50 bits per heavy atom. The maximum absolute atomic E-state index is 11.1. The molecule has 2 rings (SSSR count). The molecule has 6 heteroatoms. The number of aromatic hydroxyl groups is 1. The molecule has 0 unspecified atom stereocenters. The van der Waals surface area contributed by atoms with Crippen molar-refractivity contribution in [2.75, 3.05) is 5.32 Å². The first-order valence-corrected chi connectivity index (χ1v) is 5.42. The predicted molar refractivity (Wildman–Crippen MR) is 67.2 cm³/mol. The normalized spacial score (nSPS) is 10.3. The standard InChI is InChI=1S/C12H14N4O2/c1-16-10(12(13)18)6-11(15-16)14-7-8-3-2-4-9(17)5-8/h2-6,17H,7H2,1H3,(H2,13,18)(H,14,15). The SMILES string of the molecule is Cn1nc(NCc2cccc(O)c2)cc1C(N)=O. The number of hydrogen-bond donors (Lipinski definition) is 3. The smallest absolute Gasteiger partial charge is 0.267 e. The second-order valence-corrected chi connectivity index (χ2v) is 3.93. The van der Waals surface area contributed by atoms with E-state index in [2.05, 4.69) is 10.4 Å². The first kappa shape index (κ1) is 12.0. The Morgan fingerprint density at radius 3 is 2.89 bits per heavy atom. The molecule has 0 aliphatic heterocycles. The number of phenolic OH excluding ortho intramolecular Hbond substituents is 1. The minimum atomic E-state index is -0.518. The van der Waals surface area contributed by atoms with Crippen LogP contribution in [-0.2, 0) is 13.6 Å². The van der Waals surface area contributed by atoms with Crippen molar-refractivity contribution < 1.29 is 9.90 Å². The molecule has 1 amide bonds. The fourth-order valence-corrected chi connectivity index (χ4v) is 1.64. The number of aryl methyl sites for hydroxylation is 1. The molecule has 0 fully saturated rings. The number of nitrogens with zero attached hydrogens (tertiary/aromatic N) is 2. The van der Waals surface area contributed by atoms with Crippen LogP contribution in [0.4, 0.5) is 5.82 Å². The summed E-state index contributed by atoms with van der Waals surface area (Å²) in [4.78, 5) is 11.1. The molecule has 2 aromatic rings. The number of nitrogens with two attached hydrogens (primary N) is 1. The van der Waals surface area contributed by atoms with E-state index in [1.54, 1.807) is 31.3 Å². The first-order chi connectivity index (χ1) is 8.56. The van der Waals surface area contributed by atoms with Crippen molar-refractivity contribution in [2.24, 2.45) is 12.8 Å². The summed E-state index contributed by atoms with van der Waals surface area (Å²) in [5.74, 6) is 0.262. The molecule has 1 heterocycles. The van der Waals surface area contributed by atoms with Gasteiger partial charge in [0.1, 0.15) is 17.3 Å². The van der Waals surface area contributed by atoms with Crippen LogP contribution in [0.25, 0.3) is 0 Å². The lowest BCUT2D eigenvalue weighted by molar-refractivity contribution is 0.0991. The van der Waals surface area contributed by atoms with Crippen molar-refractivity contribution in [3.8, 4) is 5.75 Å². The number of anilines is 1. The van der Waals surface area contributed by atoms with Gasteiger partial charge in [-0.15, -0.1) is 0 Å². The Morgan fingerprint density at radius 2 is 2.28 bits per heavy atom. The number of carbonyl (C=O) groups excluding carboxylic acids is 1. The molecule has 18 heavy (non-hydrogen) atoms. The summed E-state index contributed by atoms with van der Waals surface area (Å²) < 4.78 is 1.42. The minimum Gasteiger partial charge on any atom is -0.508 e. The van der Waals surface area contributed by atoms with Crippen LogP contribution in [-0.4, -0.2) is 20.8 Å². The van der Waals surface area contributed by atoms with E-state index in [0.29, 0.717) is 18.1 Å². The van der Waals surface area contributed by atoms with E-state index >= 15 is 0 Å². The highest BCUT2D eigenvalue weighted by molar-refractivity contribution is 5.91. The van der Waals surface area contributed by atoms with Gasteiger partial charge in [-0.3, -0.25) is 9.48 Å². The van der Waals surface area contributed by atoms with Gasteiger partial charge in [0.25, 0.3) is 5.91 Å². The third kappa shape index (κ3) is 2.60. The summed E-state index contributed by atoms with van der Waals surface area (Å²) in [6.07, 6.45) is 0. The highest BCUT2D eigenvalue weighted by Crippen LogP contribution is 2.13.